The number of ether oxygens (including phenoxy) is 2. The molecule has 7 heteroatoms. The van der Waals surface area contributed by atoms with Crippen LogP contribution in [0.15, 0.2) is 24.4 Å². The number of benzene rings is 1. The predicted octanol–water partition coefficient (Wildman–Crippen LogP) is 2.21. The molecule has 6 nitrogen and oxygen atoms in total. The van der Waals surface area contributed by atoms with Crippen molar-refractivity contribution in [2.75, 3.05) is 25.3 Å². The lowest BCUT2D eigenvalue weighted by Crippen LogP contribution is -2.15. The lowest BCUT2D eigenvalue weighted by molar-refractivity contribution is -0.113. The lowest BCUT2D eigenvalue weighted by atomic mass is 10.0. The molecular weight excluding hydrogens is 302 g/mol. The number of rotatable bonds is 3. The van der Waals surface area contributed by atoms with Crippen molar-refractivity contribution in [2.24, 2.45) is 7.05 Å². The average molecular weight is 319 g/mol. The number of amides is 1. The number of thioether (sulfide) groups is 1. The molecule has 0 spiro atoms. The maximum absolute atomic E-state index is 11.9. The van der Waals surface area contributed by atoms with E-state index in [4.69, 9.17) is 9.47 Å². The zero-order chi connectivity index (χ0) is 15.7. The third-order valence-electron chi connectivity index (χ3n) is 3.60. The van der Waals surface area contributed by atoms with Crippen LogP contribution < -0.4 is 14.8 Å². The molecule has 22 heavy (non-hydrogen) atoms. The Hall–Kier alpha value is -2.15. The largest absolute Gasteiger partial charge is 0.493 e. The highest BCUT2D eigenvalue weighted by molar-refractivity contribution is 8.00. The van der Waals surface area contributed by atoms with Gasteiger partial charge in [-0.3, -0.25) is 9.48 Å². The molecule has 3 rings (SSSR count). The van der Waals surface area contributed by atoms with E-state index in [0.717, 1.165) is 16.9 Å². The van der Waals surface area contributed by atoms with E-state index in [1.807, 2.05) is 25.2 Å². The zero-order valence-corrected chi connectivity index (χ0v) is 13.4. The monoisotopic (exact) mass is 319 g/mol. The van der Waals surface area contributed by atoms with Crippen LogP contribution in [0.5, 0.6) is 11.5 Å². The summed E-state index contributed by atoms with van der Waals surface area (Å²) in [6.45, 7) is 0. The number of carbonyl (C=O) groups excluding carboxylic acids is 1. The summed E-state index contributed by atoms with van der Waals surface area (Å²) in [5, 5.41) is 7.12. The van der Waals surface area contributed by atoms with Crippen LogP contribution in [0.1, 0.15) is 16.4 Å². The number of para-hydroxylation sites is 1. The van der Waals surface area contributed by atoms with Crippen molar-refractivity contribution in [3.63, 3.8) is 0 Å². The summed E-state index contributed by atoms with van der Waals surface area (Å²) in [4.78, 5) is 11.9. The molecule has 116 valence electrons. The summed E-state index contributed by atoms with van der Waals surface area (Å²) in [6, 6.07) is 5.77. The Bertz CT molecular complexity index is 714. The predicted molar refractivity (Wildman–Crippen MR) is 85.7 cm³/mol. The van der Waals surface area contributed by atoms with Crippen LogP contribution in [0.25, 0.3) is 0 Å². The summed E-state index contributed by atoms with van der Waals surface area (Å²) in [7, 11) is 5.05. The van der Waals surface area contributed by atoms with Gasteiger partial charge in [0.05, 0.1) is 31.4 Å². The van der Waals surface area contributed by atoms with Crippen molar-refractivity contribution in [1.82, 2.24) is 9.78 Å². The van der Waals surface area contributed by atoms with Crippen molar-refractivity contribution < 1.29 is 14.3 Å². The maximum Gasteiger partial charge on any atom is 0.235 e. The minimum atomic E-state index is -0.0484. The first kappa shape index (κ1) is 14.8. The number of aryl methyl sites for hydroxylation is 1. The van der Waals surface area contributed by atoms with Gasteiger partial charge in [0.2, 0.25) is 5.91 Å². The number of anilines is 1. The number of nitrogens with zero attached hydrogens (tertiary/aromatic N) is 2. The van der Waals surface area contributed by atoms with Crippen LogP contribution in [0.3, 0.4) is 0 Å². The minimum absolute atomic E-state index is 0.0285. The molecule has 1 N–H and O–H groups in total. The summed E-state index contributed by atoms with van der Waals surface area (Å²) in [5.74, 6) is 2.44. The molecule has 2 heterocycles. The second-order valence-electron chi connectivity index (χ2n) is 4.89. The van der Waals surface area contributed by atoms with Gasteiger partial charge in [0.25, 0.3) is 0 Å². The number of hydrogen-bond donors (Lipinski definition) is 1. The molecule has 0 fully saturated rings. The molecule has 1 aliphatic rings. The van der Waals surface area contributed by atoms with Gasteiger partial charge in [0.1, 0.15) is 5.82 Å². The minimum Gasteiger partial charge on any atom is -0.493 e. The molecular formula is C15H17N3O3S. The van der Waals surface area contributed by atoms with Gasteiger partial charge in [-0.25, -0.2) is 0 Å². The highest BCUT2D eigenvalue weighted by atomic mass is 32.2. The van der Waals surface area contributed by atoms with Gasteiger partial charge in [0, 0.05) is 18.2 Å². The lowest BCUT2D eigenvalue weighted by Gasteiger charge is -2.19. The molecule has 0 radical (unpaired) electrons. The SMILES string of the molecule is COc1cccc([C@@H]2SCC(=O)Nc3c2cnn3C)c1OC. The van der Waals surface area contributed by atoms with Gasteiger partial charge in [-0.05, 0) is 6.07 Å². The molecule has 0 saturated carbocycles. The second kappa shape index (κ2) is 5.92. The average Bonchev–Trinajstić information content (AvgIpc) is 2.79. The standard InChI is InChI=1S/C15H17N3O3S/c1-18-15-10(7-16-18)14(22-8-12(19)17-15)9-5-4-6-11(20-2)13(9)21-3/h4-7,14H,8H2,1-3H3,(H,17,19)/t14-/m0/s1. The number of aromatic nitrogens is 2. The van der Waals surface area contributed by atoms with Crippen molar-refractivity contribution in [3.05, 3.63) is 35.5 Å². The first-order chi connectivity index (χ1) is 10.7. The Balaban J connectivity index is 2.14. The first-order valence-corrected chi connectivity index (χ1v) is 7.84. The molecule has 1 aliphatic heterocycles. The van der Waals surface area contributed by atoms with Crippen LogP contribution in [0.2, 0.25) is 0 Å². The second-order valence-corrected chi connectivity index (χ2v) is 5.99. The number of hydrogen-bond acceptors (Lipinski definition) is 5. The van der Waals surface area contributed by atoms with E-state index in [1.165, 1.54) is 0 Å². The number of carbonyl (C=O) groups is 1. The third-order valence-corrected chi connectivity index (χ3v) is 4.87. The topological polar surface area (TPSA) is 65.4 Å². The van der Waals surface area contributed by atoms with Crippen LogP contribution >= 0.6 is 11.8 Å². The molecule has 0 bridgehead atoms. The van der Waals surface area contributed by atoms with E-state index in [-0.39, 0.29) is 11.2 Å². The fourth-order valence-electron chi connectivity index (χ4n) is 2.59. The van der Waals surface area contributed by atoms with Gasteiger partial charge in [0.15, 0.2) is 11.5 Å². The number of nitrogens with one attached hydrogen (secondary N) is 1. The number of methoxy groups -OCH3 is 2. The summed E-state index contributed by atoms with van der Waals surface area (Å²) in [6.07, 6.45) is 1.79. The molecule has 0 saturated heterocycles. The third kappa shape index (κ3) is 2.41. The Morgan fingerprint density at radius 2 is 2.14 bits per heavy atom. The highest BCUT2D eigenvalue weighted by Crippen LogP contribution is 2.46. The van der Waals surface area contributed by atoms with Crippen molar-refractivity contribution in [1.29, 1.82) is 0 Å². The van der Waals surface area contributed by atoms with E-state index in [9.17, 15) is 4.79 Å². The smallest absolute Gasteiger partial charge is 0.235 e. The van der Waals surface area contributed by atoms with E-state index in [2.05, 4.69) is 10.4 Å². The van der Waals surface area contributed by atoms with Gasteiger partial charge in [-0.15, -0.1) is 11.8 Å². The molecule has 1 aromatic carbocycles. The first-order valence-electron chi connectivity index (χ1n) is 6.80. The van der Waals surface area contributed by atoms with E-state index in [1.54, 1.807) is 36.9 Å². The molecule has 1 amide bonds. The summed E-state index contributed by atoms with van der Waals surface area (Å²) in [5.41, 5.74) is 1.93. The maximum atomic E-state index is 11.9. The van der Waals surface area contributed by atoms with E-state index < -0.39 is 0 Å². The Morgan fingerprint density at radius 3 is 2.86 bits per heavy atom. The van der Waals surface area contributed by atoms with Gasteiger partial charge in [-0.1, -0.05) is 12.1 Å². The normalized spacial score (nSPS) is 17.4. The highest BCUT2D eigenvalue weighted by Gasteiger charge is 2.29. The van der Waals surface area contributed by atoms with E-state index >= 15 is 0 Å². The zero-order valence-electron chi connectivity index (χ0n) is 12.6. The fourth-order valence-corrected chi connectivity index (χ4v) is 3.70. The Morgan fingerprint density at radius 1 is 1.32 bits per heavy atom. The van der Waals surface area contributed by atoms with Gasteiger partial charge >= 0.3 is 0 Å². The molecule has 0 aliphatic carbocycles. The Labute approximate surface area is 132 Å². The fraction of sp³-hybridized carbons (Fsp3) is 0.333. The molecule has 0 unspecified atom stereocenters. The molecule has 1 atom stereocenters. The van der Waals surface area contributed by atoms with Crippen LogP contribution in [0, 0.1) is 0 Å². The van der Waals surface area contributed by atoms with Crippen LogP contribution in [0.4, 0.5) is 5.82 Å². The molecule has 1 aromatic heterocycles. The summed E-state index contributed by atoms with van der Waals surface area (Å²) >= 11 is 1.55. The van der Waals surface area contributed by atoms with E-state index in [0.29, 0.717) is 17.3 Å². The molecule has 2 aromatic rings. The van der Waals surface area contributed by atoms with Crippen molar-refractivity contribution in [3.8, 4) is 11.5 Å². The van der Waals surface area contributed by atoms with Gasteiger partial charge < -0.3 is 14.8 Å². The van der Waals surface area contributed by atoms with Crippen LogP contribution in [-0.2, 0) is 11.8 Å². The van der Waals surface area contributed by atoms with Gasteiger partial charge in [-0.2, -0.15) is 5.10 Å². The quantitative estimate of drug-likeness (QED) is 0.939. The van der Waals surface area contributed by atoms with Crippen molar-refractivity contribution in [2.45, 2.75) is 5.25 Å². The number of fused-ring (bicyclic) bond motifs is 1. The van der Waals surface area contributed by atoms with Crippen molar-refractivity contribution >= 4 is 23.5 Å². The van der Waals surface area contributed by atoms with Crippen LogP contribution in [-0.4, -0.2) is 35.7 Å². The Kier molecular flexibility index (Phi) is 3.98. The summed E-state index contributed by atoms with van der Waals surface area (Å²) < 4.78 is 12.6.